The summed E-state index contributed by atoms with van der Waals surface area (Å²) in [6.07, 6.45) is 0. The van der Waals surface area contributed by atoms with E-state index < -0.39 is 0 Å². The summed E-state index contributed by atoms with van der Waals surface area (Å²) in [4.78, 5) is 0. The topological polar surface area (TPSA) is 77.0 Å². The zero-order chi connectivity index (χ0) is 13.8. The number of nitrogens with one attached hydrogen (secondary N) is 1. The Morgan fingerprint density at radius 3 is 2.15 bits per heavy atom. The highest BCUT2D eigenvalue weighted by molar-refractivity contribution is 5.51. The first-order chi connectivity index (χ1) is 9.84. The first-order valence-electron chi connectivity index (χ1n) is 6.29. The molecule has 5 nitrogen and oxygen atoms in total. The Balaban J connectivity index is 1.98. The summed E-state index contributed by atoms with van der Waals surface area (Å²) in [5, 5.41) is 11.0. The minimum absolute atomic E-state index is 0.204. The Labute approximate surface area is 116 Å². The van der Waals surface area contributed by atoms with Crippen molar-refractivity contribution >= 4 is 11.5 Å². The van der Waals surface area contributed by atoms with Crippen LogP contribution in [0.1, 0.15) is 17.3 Å². The molecule has 3 rings (SSSR count). The minimum Gasteiger partial charge on any atom is -0.379 e. The van der Waals surface area contributed by atoms with Crippen LogP contribution >= 0.6 is 0 Å². The molecule has 0 aliphatic carbocycles. The summed E-state index contributed by atoms with van der Waals surface area (Å²) in [6, 6.07) is 19.6. The van der Waals surface area contributed by atoms with Crippen molar-refractivity contribution in [3.63, 3.8) is 0 Å². The van der Waals surface area contributed by atoms with Crippen LogP contribution in [0, 0.1) is 0 Å². The standard InChI is InChI=1S/C15H14N4O/c16-15-14(18-20-19-15)13(11-7-3-1-4-8-11)17-12-9-5-2-6-10-12/h1-10,13,17H,(H2,16,19). The first kappa shape index (κ1) is 12.2. The van der Waals surface area contributed by atoms with Gasteiger partial charge >= 0.3 is 0 Å². The third-order valence-electron chi connectivity index (χ3n) is 3.03. The van der Waals surface area contributed by atoms with E-state index in [4.69, 9.17) is 10.4 Å². The lowest BCUT2D eigenvalue weighted by atomic mass is 10.0. The van der Waals surface area contributed by atoms with E-state index in [1.807, 2.05) is 60.7 Å². The van der Waals surface area contributed by atoms with Crippen LogP contribution in [0.25, 0.3) is 0 Å². The highest BCUT2D eigenvalue weighted by Crippen LogP contribution is 2.27. The molecule has 1 aromatic heterocycles. The van der Waals surface area contributed by atoms with E-state index in [-0.39, 0.29) is 6.04 Å². The number of benzene rings is 2. The molecule has 20 heavy (non-hydrogen) atoms. The molecule has 0 aliphatic rings. The van der Waals surface area contributed by atoms with E-state index in [1.165, 1.54) is 0 Å². The molecule has 3 aromatic rings. The Morgan fingerprint density at radius 1 is 0.900 bits per heavy atom. The molecule has 0 spiro atoms. The Morgan fingerprint density at radius 2 is 1.55 bits per heavy atom. The van der Waals surface area contributed by atoms with Gasteiger partial charge in [-0.25, -0.2) is 4.63 Å². The molecule has 1 atom stereocenters. The van der Waals surface area contributed by atoms with Gasteiger partial charge in [0.1, 0.15) is 6.04 Å². The fourth-order valence-corrected chi connectivity index (χ4v) is 2.06. The van der Waals surface area contributed by atoms with Gasteiger partial charge in [-0.1, -0.05) is 48.5 Å². The number of hydrogen-bond donors (Lipinski definition) is 2. The van der Waals surface area contributed by atoms with Crippen LogP contribution in [0.2, 0.25) is 0 Å². The quantitative estimate of drug-likeness (QED) is 0.759. The Kier molecular flexibility index (Phi) is 3.33. The smallest absolute Gasteiger partial charge is 0.194 e. The maximum Gasteiger partial charge on any atom is 0.194 e. The summed E-state index contributed by atoms with van der Waals surface area (Å²) >= 11 is 0. The van der Waals surface area contributed by atoms with Gasteiger partial charge in [-0.2, -0.15) is 0 Å². The summed E-state index contributed by atoms with van der Waals surface area (Å²) < 4.78 is 4.72. The minimum atomic E-state index is -0.204. The van der Waals surface area contributed by atoms with Crippen molar-refractivity contribution in [1.82, 2.24) is 10.3 Å². The normalized spacial score (nSPS) is 12.0. The van der Waals surface area contributed by atoms with Gasteiger partial charge in [0.15, 0.2) is 11.5 Å². The summed E-state index contributed by atoms with van der Waals surface area (Å²) in [5.74, 6) is 0.294. The lowest BCUT2D eigenvalue weighted by molar-refractivity contribution is 0.304. The maximum absolute atomic E-state index is 5.83. The Hall–Kier alpha value is -2.82. The molecule has 2 aromatic carbocycles. The maximum atomic E-state index is 5.83. The van der Waals surface area contributed by atoms with Crippen molar-refractivity contribution in [1.29, 1.82) is 0 Å². The van der Waals surface area contributed by atoms with Crippen LogP contribution < -0.4 is 11.1 Å². The molecular weight excluding hydrogens is 252 g/mol. The van der Waals surface area contributed by atoms with Gasteiger partial charge < -0.3 is 11.1 Å². The number of para-hydroxylation sites is 1. The molecule has 0 bridgehead atoms. The summed E-state index contributed by atoms with van der Waals surface area (Å²) in [5.41, 5.74) is 8.42. The van der Waals surface area contributed by atoms with Crippen molar-refractivity contribution < 1.29 is 4.63 Å². The van der Waals surface area contributed by atoms with Crippen molar-refractivity contribution in [2.75, 3.05) is 11.1 Å². The predicted molar refractivity (Wildman–Crippen MR) is 77.1 cm³/mol. The van der Waals surface area contributed by atoms with Crippen molar-refractivity contribution in [2.45, 2.75) is 6.04 Å². The fourth-order valence-electron chi connectivity index (χ4n) is 2.06. The highest BCUT2D eigenvalue weighted by Gasteiger charge is 2.21. The number of nitrogens with zero attached hydrogens (tertiary/aromatic N) is 2. The average Bonchev–Trinajstić information content (AvgIpc) is 2.93. The molecule has 100 valence electrons. The number of rotatable bonds is 4. The van der Waals surface area contributed by atoms with E-state index in [0.29, 0.717) is 11.5 Å². The SMILES string of the molecule is Nc1nonc1C(Nc1ccccc1)c1ccccc1. The molecule has 0 amide bonds. The second-order valence-electron chi connectivity index (χ2n) is 4.39. The molecular formula is C15H14N4O. The van der Waals surface area contributed by atoms with Gasteiger partial charge in [-0.3, -0.25) is 0 Å². The zero-order valence-electron chi connectivity index (χ0n) is 10.7. The van der Waals surface area contributed by atoms with Crippen LogP contribution in [-0.2, 0) is 0 Å². The molecule has 0 fully saturated rings. The second-order valence-corrected chi connectivity index (χ2v) is 4.39. The van der Waals surface area contributed by atoms with Crippen LogP contribution in [0.4, 0.5) is 11.5 Å². The summed E-state index contributed by atoms with van der Waals surface area (Å²) in [6.45, 7) is 0. The summed E-state index contributed by atoms with van der Waals surface area (Å²) in [7, 11) is 0. The van der Waals surface area contributed by atoms with Gasteiger partial charge in [0.05, 0.1) is 0 Å². The van der Waals surface area contributed by atoms with Gasteiger partial charge in [0.2, 0.25) is 0 Å². The molecule has 0 aliphatic heterocycles. The van der Waals surface area contributed by atoms with E-state index in [1.54, 1.807) is 0 Å². The lowest BCUT2D eigenvalue weighted by Crippen LogP contribution is -2.14. The van der Waals surface area contributed by atoms with E-state index in [0.717, 1.165) is 11.3 Å². The van der Waals surface area contributed by atoms with Crippen molar-refractivity contribution in [3.05, 3.63) is 71.9 Å². The van der Waals surface area contributed by atoms with Crippen molar-refractivity contribution in [2.24, 2.45) is 0 Å². The molecule has 0 radical (unpaired) electrons. The van der Waals surface area contributed by atoms with E-state index in [9.17, 15) is 0 Å². The molecule has 5 heteroatoms. The van der Waals surface area contributed by atoms with Crippen molar-refractivity contribution in [3.8, 4) is 0 Å². The Bertz CT molecular complexity index is 667. The van der Waals surface area contributed by atoms with E-state index >= 15 is 0 Å². The molecule has 3 N–H and O–H groups in total. The first-order valence-corrected chi connectivity index (χ1v) is 6.29. The highest BCUT2D eigenvalue weighted by atomic mass is 16.6. The van der Waals surface area contributed by atoms with Crippen LogP contribution in [-0.4, -0.2) is 10.3 Å². The third-order valence-corrected chi connectivity index (χ3v) is 3.03. The average molecular weight is 266 g/mol. The molecule has 0 saturated carbocycles. The molecule has 1 heterocycles. The van der Waals surface area contributed by atoms with Gasteiger partial charge in [-0.15, -0.1) is 0 Å². The fraction of sp³-hybridized carbons (Fsp3) is 0.0667. The van der Waals surface area contributed by atoms with Crippen LogP contribution in [0.5, 0.6) is 0 Å². The monoisotopic (exact) mass is 266 g/mol. The van der Waals surface area contributed by atoms with Crippen LogP contribution in [0.15, 0.2) is 65.3 Å². The van der Waals surface area contributed by atoms with E-state index in [2.05, 4.69) is 15.6 Å². The number of hydrogen-bond acceptors (Lipinski definition) is 5. The number of aromatic nitrogens is 2. The molecule has 0 saturated heterocycles. The number of nitrogen functional groups attached to an aromatic ring is 1. The van der Waals surface area contributed by atoms with Crippen LogP contribution in [0.3, 0.4) is 0 Å². The number of nitrogens with two attached hydrogens (primary N) is 1. The second kappa shape index (κ2) is 5.44. The zero-order valence-corrected chi connectivity index (χ0v) is 10.7. The predicted octanol–water partition coefficient (Wildman–Crippen LogP) is 2.85. The van der Waals surface area contributed by atoms with Gasteiger partial charge in [-0.05, 0) is 28.0 Å². The van der Waals surface area contributed by atoms with Gasteiger partial charge in [0, 0.05) is 5.69 Å². The molecule has 1 unspecified atom stereocenters. The third kappa shape index (κ3) is 2.47. The van der Waals surface area contributed by atoms with Gasteiger partial charge in [0.25, 0.3) is 0 Å². The lowest BCUT2D eigenvalue weighted by Gasteiger charge is -2.18. The number of anilines is 2. The largest absolute Gasteiger partial charge is 0.379 e.